The third-order valence-corrected chi connectivity index (χ3v) is 2.92. The molecule has 0 fully saturated rings. The first kappa shape index (κ1) is 16.7. The average molecular weight is 291 g/mol. The molecule has 114 valence electrons. The second kappa shape index (κ2) is 8.73. The maximum Gasteiger partial charge on any atom is 0.226 e. The SMILES string of the molecule is CNC(=O)CCc1ccccc1NC(=O)CCNC(C)=O. The van der Waals surface area contributed by atoms with Gasteiger partial charge in [-0.3, -0.25) is 14.4 Å². The quantitative estimate of drug-likeness (QED) is 0.695. The van der Waals surface area contributed by atoms with Crippen molar-refractivity contribution in [3.05, 3.63) is 29.8 Å². The average Bonchev–Trinajstić information content (AvgIpc) is 2.45. The van der Waals surface area contributed by atoms with Crippen molar-refractivity contribution in [2.45, 2.75) is 26.2 Å². The standard InChI is InChI=1S/C15H21N3O3/c1-11(19)17-10-9-15(21)18-13-6-4-3-5-12(13)7-8-14(20)16-2/h3-6H,7-10H2,1-2H3,(H,16,20)(H,17,19)(H,18,21). The molecule has 0 saturated carbocycles. The van der Waals surface area contributed by atoms with Crippen molar-refractivity contribution < 1.29 is 14.4 Å². The Balaban J connectivity index is 2.55. The lowest BCUT2D eigenvalue weighted by Crippen LogP contribution is -2.25. The van der Waals surface area contributed by atoms with Gasteiger partial charge in [0.25, 0.3) is 0 Å². The van der Waals surface area contributed by atoms with Crippen LogP contribution in [0.25, 0.3) is 0 Å². The molecule has 3 N–H and O–H groups in total. The van der Waals surface area contributed by atoms with Crippen LogP contribution in [0.15, 0.2) is 24.3 Å². The number of amides is 3. The Morgan fingerprint density at radius 1 is 1.05 bits per heavy atom. The summed E-state index contributed by atoms with van der Waals surface area (Å²) in [5.41, 5.74) is 1.61. The zero-order valence-electron chi connectivity index (χ0n) is 12.4. The predicted octanol–water partition coefficient (Wildman–Crippen LogP) is 0.830. The van der Waals surface area contributed by atoms with Crippen LogP contribution in [0.2, 0.25) is 0 Å². The number of rotatable bonds is 7. The minimum Gasteiger partial charge on any atom is -0.359 e. The van der Waals surface area contributed by atoms with Gasteiger partial charge < -0.3 is 16.0 Å². The van der Waals surface area contributed by atoms with Crippen LogP contribution >= 0.6 is 0 Å². The number of carbonyl (C=O) groups is 3. The number of nitrogens with one attached hydrogen (secondary N) is 3. The smallest absolute Gasteiger partial charge is 0.226 e. The number of carbonyl (C=O) groups excluding carboxylic acids is 3. The van der Waals surface area contributed by atoms with Crippen LogP contribution in [0, 0.1) is 0 Å². The molecule has 0 radical (unpaired) electrons. The summed E-state index contributed by atoms with van der Waals surface area (Å²) in [4.78, 5) is 33.8. The van der Waals surface area contributed by atoms with Crippen molar-refractivity contribution in [2.75, 3.05) is 18.9 Å². The van der Waals surface area contributed by atoms with Gasteiger partial charge in [-0.15, -0.1) is 0 Å². The molecular formula is C15H21N3O3. The van der Waals surface area contributed by atoms with Gasteiger partial charge in [0.05, 0.1) is 0 Å². The number of hydrogen-bond donors (Lipinski definition) is 3. The lowest BCUT2D eigenvalue weighted by atomic mass is 10.1. The highest BCUT2D eigenvalue weighted by Gasteiger charge is 2.08. The van der Waals surface area contributed by atoms with Crippen molar-refractivity contribution in [1.29, 1.82) is 0 Å². The van der Waals surface area contributed by atoms with E-state index in [9.17, 15) is 14.4 Å². The molecule has 1 aromatic carbocycles. The molecule has 0 unspecified atom stereocenters. The van der Waals surface area contributed by atoms with E-state index in [1.807, 2.05) is 18.2 Å². The van der Waals surface area contributed by atoms with Crippen LogP contribution in [0.4, 0.5) is 5.69 Å². The normalized spacial score (nSPS) is 9.81. The van der Waals surface area contributed by atoms with Crippen LogP contribution < -0.4 is 16.0 Å². The van der Waals surface area contributed by atoms with Crippen LogP contribution in [0.1, 0.15) is 25.3 Å². The van der Waals surface area contributed by atoms with E-state index in [-0.39, 0.29) is 24.1 Å². The van der Waals surface area contributed by atoms with Crippen LogP contribution in [0.3, 0.4) is 0 Å². The Labute approximate surface area is 124 Å². The summed E-state index contributed by atoms with van der Waals surface area (Å²) >= 11 is 0. The zero-order valence-corrected chi connectivity index (χ0v) is 12.4. The molecule has 1 aromatic rings. The maximum absolute atomic E-state index is 11.8. The van der Waals surface area contributed by atoms with Gasteiger partial charge in [-0.1, -0.05) is 18.2 Å². The molecule has 0 bridgehead atoms. The molecule has 0 aliphatic heterocycles. The first-order valence-corrected chi connectivity index (χ1v) is 6.85. The van der Waals surface area contributed by atoms with Gasteiger partial charge >= 0.3 is 0 Å². The molecule has 0 heterocycles. The summed E-state index contributed by atoms with van der Waals surface area (Å²) in [7, 11) is 1.60. The van der Waals surface area contributed by atoms with E-state index in [0.29, 0.717) is 25.1 Å². The van der Waals surface area contributed by atoms with E-state index >= 15 is 0 Å². The van der Waals surface area contributed by atoms with E-state index in [1.54, 1.807) is 13.1 Å². The third-order valence-electron chi connectivity index (χ3n) is 2.92. The fourth-order valence-electron chi connectivity index (χ4n) is 1.80. The van der Waals surface area contributed by atoms with Gasteiger partial charge in [-0.05, 0) is 18.1 Å². The van der Waals surface area contributed by atoms with Crippen LogP contribution in [-0.4, -0.2) is 31.3 Å². The van der Waals surface area contributed by atoms with Crippen LogP contribution in [0.5, 0.6) is 0 Å². The van der Waals surface area contributed by atoms with E-state index in [1.165, 1.54) is 6.92 Å². The Morgan fingerprint density at radius 3 is 2.43 bits per heavy atom. The molecule has 0 aromatic heterocycles. The van der Waals surface area contributed by atoms with E-state index in [2.05, 4.69) is 16.0 Å². The number of para-hydroxylation sites is 1. The Morgan fingerprint density at radius 2 is 1.76 bits per heavy atom. The molecule has 0 aliphatic rings. The highest BCUT2D eigenvalue weighted by Crippen LogP contribution is 2.17. The van der Waals surface area contributed by atoms with Crippen molar-refractivity contribution in [3.8, 4) is 0 Å². The van der Waals surface area contributed by atoms with Crippen molar-refractivity contribution in [1.82, 2.24) is 10.6 Å². The summed E-state index contributed by atoms with van der Waals surface area (Å²) in [5, 5.41) is 7.94. The Hall–Kier alpha value is -2.37. The molecule has 0 aliphatic carbocycles. The van der Waals surface area contributed by atoms with Gasteiger partial charge in [-0.2, -0.15) is 0 Å². The molecule has 6 heteroatoms. The van der Waals surface area contributed by atoms with Crippen molar-refractivity contribution >= 4 is 23.4 Å². The molecule has 0 spiro atoms. The summed E-state index contributed by atoms with van der Waals surface area (Å²) in [6.45, 7) is 1.72. The fourth-order valence-corrected chi connectivity index (χ4v) is 1.80. The van der Waals surface area contributed by atoms with Crippen molar-refractivity contribution in [3.63, 3.8) is 0 Å². The van der Waals surface area contributed by atoms with Gasteiger partial charge in [0.2, 0.25) is 17.7 Å². The fraction of sp³-hybridized carbons (Fsp3) is 0.400. The molecule has 0 atom stereocenters. The van der Waals surface area contributed by atoms with Crippen molar-refractivity contribution in [2.24, 2.45) is 0 Å². The van der Waals surface area contributed by atoms with E-state index in [4.69, 9.17) is 0 Å². The first-order chi connectivity index (χ1) is 10.0. The molecule has 3 amide bonds. The largest absolute Gasteiger partial charge is 0.359 e. The second-order valence-corrected chi connectivity index (χ2v) is 4.61. The Bertz CT molecular complexity index is 515. The topological polar surface area (TPSA) is 87.3 Å². The third kappa shape index (κ3) is 6.56. The van der Waals surface area contributed by atoms with E-state index in [0.717, 1.165) is 5.56 Å². The molecular weight excluding hydrogens is 270 g/mol. The molecule has 0 saturated heterocycles. The minimum absolute atomic E-state index is 0.0400. The number of benzene rings is 1. The lowest BCUT2D eigenvalue weighted by Gasteiger charge is -2.11. The molecule has 6 nitrogen and oxygen atoms in total. The minimum atomic E-state index is -0.170. The monoisotopic (exact) mass is 291 g/mol. The maximum atomic E-state index is 11.8. The van der Waals surface area contributed by atoms with Gasteiger partial charge in [0.15, 0.2) is 0 Å². The van der Waals surface area contributed by atoms with Gasteiger partial charge in [-0.25, -0.2) is 0 Å². The number of hydrogen-bond acceptors (Lipinski definition) is 3. The highest BCUT2D eigenvalue weighted by molar-refractivity contribution is 5.92. The number of aryl methyl sites for hydroxylation is 1. The second-order valence-electron chi connectivity index (χ2n) is 4.61. The summed E-state index contributed by atoms with van der Waals surface area (Å²) < 4.78 is 0. The van der Waals surface area contributed by atoms with Gasteiger partial charge in [0.1, 0.15) is 0 Å². The summed E-state index contributed by atoms with van der Waals surface area (Å²) in [6.07, 6.45) is 1.14. The highest BCUT2D eigenvalue weighted by atomic mass is 16.2. The summed E-state index contributed by atoms with van der Waals surface area (Å²) in [5.74, 6) is -0.369. The summed E-state index contributed by atoms with van der Waals surface area (Å²) in [6, 6.07) is 7.38. The first-order valence-electron chi connectivity index (χ1n) is 6.85. The Kier molecular flexibility index (Phi) is 6.94. The molecule has 21 heavy (non-hydrogen) atoms. The predicted molar refractivity (Wildman–Crippen MR) is 80.8 cm³/mol. The lowest BCUT2D eigenvalue weighted by molar-refractivity contribution is -0.121. The van der Waals surface area contributed by atoms with Crippen LogP contribution in [-0.2, 0) is 20.8 Å². The number of anilines is 1. The zero-order chi connectivity index (χ0) is 15.7. The van der Waals surface area contributed by atoms with Gasteiger partial charge in [0, 0.05) is 39.0 Å². The van der Waals surface area contributed by atoms with E-state index < -0.39 is 0 Å². The molecule has 1 rings (SSSR count).